The molecule has 2 fully saturated rings. The summed E-state index contributed by atoms with van der Waals surface area (Å²) in [6, 6.07) is 18.5. The van der Waals surface area contributed by atoms with Crippen LogP contribution in [-0.2, 0) is 6.61 Å². The molecule has 1 N–H and O–H groups in total. The molecule has 0 unspecified atom stereocenters. The lowest BCUT2D eigenvalue weighted by Gasteiger charge is -2.49. The Morgan fingerprint density at radius 3 is 2.23 bits per heavy atom. The highest BCUT2D eigenvalue weighted by atomic mass is 16.5. The molecule has 8 nitrogen and oxygen atoms in total. The number of aryl methyl sites for hydroxylation is 1. The molecule has 8 heteroatoms. The lowest BCUT2D eigenvalue weighted by molar-refractivity contribution is 0.160. The van der Waals surface area contributed by atoms with Crippen LogP contribution in [0, 0.1) is 12.8 Å². The Hall–Kier alpha value is -3.91. The second-order valence-corrected chi connectivity index (χ2v) is 13.5. The Balaban J connectivity index is 1.36. The SMILES string of the molecule is Cc1cnc(-c2cc(OCc3ccccc3)c(-c3ccc(N(C)C4CC(C)(C)NC(C)(C)C4)nn3)c(OCC3CC3)c2)o1. The van der Waals surface area contributed by atoms with Crippen LogP contribution < -0.4 is 19.7 Å². The summed E-state index contributed by atoms with van der Waals surface area (Å²) in [6.45, 7) is 12.0. The van der Waals surface area contributed by atoms with E-state index in [1.165, 1.54) is 12.8 Å². The molecular formula is C35H43N5O3. The molecule has 2 aliphatic rings. The Kier molecular flexibility index (Phi) is 7.90. The first-order valence-electron chi connectivity index (χ1n) is 15.3. The number of rotatable bonds is 10. The van der Waals surface area contributed by atoms with Crippen LogP contribution >= 0.6 is 0 Å². The maximum atomic E-state index is 6.49. The summed E-state index contributed by atoms with van der Waals surface area (Å²) in [7, 11) is 2.12. The van der Waals surface area contributed by atoms with E-state index in [-0.39, 0.29) is 11.1 Å². The van der Waals surface area contributed by atoms with Gasteiger partial charge in [-0.2, -0.15) is 0 Å². The molecule has 1 aliphatic heterocycles. The molecule has 1 aliphatic carbocycles. The Labute approximate surface area is 254 Å². The van der Waals surface area contributed by atoms with Crippen LogP contribution in [0.1, 0.15) is 64.7 Å². The van der Waals surface area contributed by atoms with Crippen LogP contribution in [0.2, 0.25) is 0 Å². The van der Waals surface area contributed by atoms with Crippen LogP contribution in [0.4, 0.5) is 5.82 Å². The average Bonchev–Trinajstić information content (AvgIpc) is 3.70. The predicted octanol–water partition coefficient (Wildman–Crippen LogP) is 7.22. The van der Waals surface area contributed by atoms with Gasteiger partial charge in [0.1, 0.15) is 29.6 Å². The van der Waals surface area contributed by atoms with Gasteiger partial charge in [0.15, 0.2) is 5.82 Å². The topological polar surface area (TPSA) is 85.5 Å². The highest BCUT2D eigenvalue weighted by Gasteiger charge is 2.39. The molecule has 0 bridgehead atoms. The fraction of sp³-hybridized carbons (Fsp3) is 0.457. The second kappa shape index (κ2) is 11.6. The van der Waals surface area contributed by atoms with Gasteiger partial charge in [-0.15, -0.1) is 10.2 Å². The van der Waals surface area contributed by atoms with Crippen LogP contribution in [-0.4, -0.2) is 46.0 Å². The predicted molar refractivity (Wildman–Crippen MR) is 169 cm³/mol. The molecule has 226 valence electrons. The Morgan fingerprint density at radius 2 is 1.63 bits per heavy atom. The smallest absolute Gasteiger partial charge is 0.226 e. The van der Waals surface area contributed by atoms with Crippen molar-refractivity contribution in [3.05, 3.63) is 72.1 Å². The van der Waals surface area contributed by atoms with Gasteiger partial charge in [-0.25, -0.2) is 4.98 Å². The summed E-state index contributed by atoms with van der Waals surface area (Å²) < 4.78 is 18.8. The number of piperidine rings is 1. The summed E-state index contributed by atoms with van der Waals surface area (Å²) in [5.74, 6) is 4.05. The fourth-order valence-electron chi connectivity index (χ4n) is 6.29. The van der Waals surface area contributed by atoms with Crippen molar-refractivity contribution in [2.45, 2.75) is 84.0 Å². The first-order valence-corrected chi connectivity index (χ1v) is 15.3. The van der Waals surface area contributed by atoms with E-state index < -0.39 is 0 Å². The van der Waals surface area contributed by atoms with E-state index in [0.717, 1.165) is 41.1 Å². The number of aromatic nitrogens is 3. The number of anilines is 1. The Bertz CT molecular complexity index is 1530. The summed E-state index contributed by atoms with van der Waals surface area (Å²) >= 11 is 0. The zero-order chi connectivity index (χ0) is 30.2. The number of benzene rings is 2. The number of oxazole rings is 1. The van der Waals surface area contributed by atoms with Gasteiger partial charge in [0.25, 0.3) is 0 Å². The van der Waals surface area contributed by atoms with Crippen molar-refractivity contribution in [3.63, 3.8) is 0 Å². The molecule has 1 saturated carbocycles. The van der Waals surface area contributed by atoms with Gasteiger partial charge in [0.05, 0.1) is 18.4 Å². The first-order chi connectivity index (χ1) is 20.6. The average molecular weight is 582 g/mol. The van der Waals surface area contributed by atoms with Crippen LogP contribution in [0.25, 0.3) is 22.7 Å². The number of ether oxygens (including phenoxy) is 2. The van der Waals surface area contributed by atoms with E-state index in [9.17, 15) is 0 Å². The second-order valence-electron chi connectivity index (χ2n) is 13.5. The van der Waals surface area contributed by atoms with E-state index in [2.05, 4.69) is 68.1 Å². The van der Waals surface area contributed by atoms with E-state index in [1.54, 1.807) is 6.20 Å². The van der Waals surface area contributed by atoms with Gasteiger partial charge in [0, 0.05) is 29.7 Å². The summed E-state index contributed by atoms with van der Waals surface area (Å²) in [5.41, 5.74) is 3.43. The first kappa shape index (κ1) is 29.2. The van der Waals surface area contributed by atoms with Crippen molar-refractivity contribution in [3.8, 4) is 34.2 Å². The van der Waals surface area contributed by atoms with E-state index >= 15 is 0 Å². The molecule has 2 aromatic carbocycles. The van der Waals surface area contributed by atoms with Gasteiger partial charge in [-0.1, -0.05) is 30.3 Å². The third-order valence-corrected chi connectivity index (χ3v) is 8.33. The molecule has 0 amide bonds. The molecule has 6 rings (SSSR count). The molecule has 3 heterocycles. The molecule has 0 atom stereocenters. The fourth-order valence-corrected chi connectivity index (χ4v) is 6.29. The van der Waals surface area contributed by atoms with Gasteiger partial charge >= 0.3 is 0 Å². The van der Waals surface area contributed by atoms with Gasteiger partial charge in [-0.05, 0) is 96.0 Å². The lowest BCUT2D eigenvalue weighted by Crippen LogP contribution is -2.62. The zero-order valence-corrected chi connectivity index (χ0v) is 26.2. The molecule has 43 heavy (non-hydrogen) atoms. The summed E-state index contributed by atoms with van der Waals surface area (Å²) in [4.78, 5) is 6.75. The van der Waals surface area contributed by atoms with Crippen LogP contribution in [0.5, 0.6) is 11.5 Å². The largest absolute Gasteiger partial charge is 0.492 e. The molecule has 0 spiro atoms. The highest BCUT2D eigenvalue weighted by Crippen LogP contribution is 2.43. The molecule has 2 aromatic heterocycles. The van der Waals surface area contributed by atoms with Crippen molar-refractivity contribution >= 4 is 5.82 Å². The van der Waals surface area contributed by atoms with Gasteiger partial charge in [-0.3, -0.25) is 0 Å². The van der Waals surface area contributed by atoms with E-state index in [4.69, 9.17) is 24.1 Å². The number of nitrogens with one attached hydrogen (secondary N) is 1. The number of hydrogen-bond acceptors (Lipinski definition) is 8. The van der Waals surface area contributed by atoms with Gasteiger partial charge in [0.2, 0.25) is 5.89 Å². The van der Waals surface area contributed by atoms with Crippen molar-refractivity contribution in [1.82, 2.24) is 20.5 Å². The normalized spacial score (nSPS) is 17.9. The van der Waals surface area contributed by atoms with Crippen molar-refractivity contribution < 1.29 is 13.9 Å². The zero-order valence-electron chi connectivity index (χ0n) is 26.2. The molecule has 1 saturated heterocycles. The van der Waals surface area contributed by atoms with Crippen LogP contribution in [0.15, 0.2) is 65.2 Å². The minimum absolute atomic E-state index is 0.0377. The van der Waals surface area contributed by atoms with E-state index in [0.29, 0.717) is 48.3 Å². The quantitative estimate of drug-likeness (QED) is 0.210. The number of nitrogens with zero attached hydrogens (tertiary/aromatic N) is 4. The Morgan fingerprint density at radius 1 is 0.930 bits per heavy atom. The number of hydrogen-bond donors (Lipinski definition) is 1. The summed E-state index contributed by atoms with van der Waals surface area (Å²) in [6.07, 6.45) is 6.15. The monoisotopic (exact) mass is 581 g/mol. The maximum absolute atomic E-state index is 6.49. The lowest BCUT2D eigenvalue weighted by atomic mass is 9.79. The summed E-state index contributed by atoms with van der Waals surface area (Å²) in [5, 5.41) is 13.3. The van der Waals surface area contributed by atoms with Crippen molar-refractivity contribution in [2.24, 2.45) is 5.92 Å². The van der Waals surface area contributed by atoms with Crippen molar-refractivity contribution in [2.75, 3.05) is 18.6 Å². The molecular weight excluding hydrogens is 538 g/mol. The minimum atomic E-state index is 0.0377. The third kappa shape index (κ3) is 7.02. The van der Waals surface area contributed by atoms with Gasteiger partial charge < -0.3 is 24.1 Å². The highest BCUT2D eigenvalue weighted by molar-refractivity contribution is 5.79. The standard InChI is InChI=1S/C35H43N5O3/c1-23-20-36-33(43-23)26-16-29(41-21-24-10-8-7-9-11-24)32(30(17-26)42-22-25-12-13-25)28-14-15-31(38-37-28)40(6)27-18-34(2,3)39-35(4,5)19-27/h7-11,14-17,20,25,27,39H,12-13,18-19,21-22H2,1-6H3. The van der Waals surface area contributed by atoms with E-state index in [1.807, 2.05) is 43.3 Å². The maximum Gasteiger partial charge on any atom is 0.226 e. The molecule has 4 aromatic rings. The third-order valence-electron chi connectivity index (χ3n) is 8.33. The minimum Gasteiger partial charge on any atom is -0.492 e. The molecule has 0 radical (unpaired) electrons. The van der Waals surface area contributed by atoms with Crippen LogP contribution in [0.3, 0.4) is 0 Å². The van der Waals surface area contributed by atoms with Crippen molar-refractivity contribution in [1.29, 1.82) is 0 Å².